The fourth-order valence-electron chi connectivity index (χ4n) is 2.55. The molecule has 3 rings (SSSR count). The predicted octanol–water partition coefficient (Wildman–Crippen LogP) is 3.74. The van der Waals surface area contributed by atoms with Crippen LogP contribution in [0, 0.1) is 0 Å². The van der Waals surface area contributed by atoms with Gasteiger partial charge < -0.3 is 9.47 Å². The number of hydrogen-bond donors (Lipinski definition) is 0. The van der Waals surface area contributed by atoms with E-state index in [1.54, 1.807) is 48.5 Å². The number of carbonyl (C=O) groups excluding carboxylic acids is 2. The highest BCUT2D eigenvalue weighted by Crippen LogP contribution is 2.42. The van der Waals surface area contributed by atoms with Crippen molar-refractivity contribution in [1.82, 2.24) is 0 Å². The van der Waals surface area contributed by atoms with Crippen molar-refractivity contribution in [3.8, 4) is 11.5 Å². The van der Waals surface area contributed by atoms with E-state index in [1.165, 1.54) is 0 Å². The third-order valence-corrected chi connectivity index (χ3v) is 3.48. The average molecular weight is 330 g/mol. The van der Waals surface area contributed by atoms with Crippen molar-refractivity contribution in [3.63, 3.8) is 0 Å². The Morgan fingerprint density at radius 3 is 1.21 bits per heavy atom. The first kappa shape index (κ1) is 15.9. The van der Waals surface area contributed by atoms with E-state index in [1.807, 2.05) is 0 Å². The zero-order chi connectivity index (χ0) is 17.1. The maximum atomic E-state index is 12.6. The summed E-state index contributed by atoms with van der Waals surface area (Å²) in [7, 11) is 0. The predicted molar refractivity (Wildman–Crippen MR) is 84.7 cm³/mol. The normalized spacial score (nSPS) is 10.8. The zero-order valence-corrected chi connectivity index (χ0v) is 12.4. The maximum Gasteiger partial charge on any atom is 0.342 e. The zero-order valence-electron chi connectivity index (χ0n) is 12.4. The van der Waals surface area contributed by atoms with Gasteiger partial charge in [-0.15, -0.1) is 0 Å². The Morgan fingerprint density at radius 2 is 0.958 bits per heavy atom. The molecule has 4 nitrogen and oxygen atoms in total. The van der Waals surface area contributed by atoms with Gasteiger partial charge in [0.2, 0.25) is 0 Å². The van der Waals surface area contributed by atoms with Crippen molar-refractivity contribution < 1.29 is 27.8 Å². The van der Waals surface area contributed by atoms with Gasteiger partial charge in [-0.1, -0.05) is 48.5 Å². The largest absolute Gasteiger partial charge is 0.423 e. The fourth-order valence-corrected chi connectivity index (χ4v) is 2.55. The first-order valence-electron chi connectivity index (χ1n) is 7.12. The molecule has 24 heavy (non-hydrogen) atoms. The molecule has 0 heterocycles. The molecule has 0 aromatic heterocycles. The van der Waals surface area contributed by atoms with E-state index in [9.17, 15) is 18.4 Å². The highest BCUT2D eigenvalue weighted by atomic mass is 19.1. The molecule has 3 aromatic rings. The molecule has 0 aliphatic heterocycles. The molecule has 0 radical (unpaired) electrons. The molecule has 0 N–H and O–H groups in total. The first-order chi connectivity index (χ1) is 11.7. The lowest BCUT2D eigenvalue weighted by Crippen LogP contribution is -2.12. The van der Waals surface area contributed by atoms with Crippen LogP contribution in [0.25, 0.3) is 21.5 Å². The number of alkyl halides is 2. The topological polar surface area (TPSA) is 52.6 Å². The molecule has 0 fully saturated rings. The second-order valence-corrected chi connectivity index (χ2v) is 4.96. The third-order valence-electron chi connectivity index (χ3n) is 3.48. The molecular weight excluding hydrogens is 318 g/mol. The Labute approximate surface area is 135 Å². The average Bonchev–Trinajstić information content (AvgIpc) is 2.63. The van der Waals surface area contributed by atoms with Gasteiger partial charge in [-0.05, 0) is 0 Å². The van der Waals surface area contributed by atoms with Gasteiger partial charge in [0.05, 0.1) is 0 Å². The van der Waals surface area contributed by atoms with Crippen molar-refractivity contribution >= 4 is 33.5 Å². The summed E-state index contributed by atoms with van der Waals surface area (Å²) in [4.78, 5) is 22.9. The summed E-state index contributed by atoms with van der Waals surface area (Å²) in [6.07, 6.45) is 0. The number of benzene rings is 3. The minimum atomic E-state index is -1.26. The molecule has 0 spiro atoms. The highest BCUT2D eigenvalue weighted by Gasteiger charge is 2.19. The summed E-state index contributed by atoms with van der Waals surface area (Å²) < 4.78 is 35.5. The minimum absolute atomic E-state index is 0.170. The molecule has 122 valence electrons. The second kappa shape index (κ2) is 6.62. The van der Waals surface area contributed by atoms with Gasteiger partial charge in [0.25, 0.3) is 0 Å². The van der Waals surface area contributed by atoms with Gasteiger partial charge in [-0.2, -0.15) is 0 Å². The molecule has 0 aliphatic carbocycles. The van der Waals surface area contributed by atoms with Crippen molar-refractivity contribution in [2.75, 3.05) is 13.3 Å². The first-order valence-corrected chi connectivity index (χ1v) is 7.12. The summed E-state index contributed by atoms with van der Waals surface area (Å²) in [5.41, 5.74) is 0. The molecule has 3 aromatic carbocycles. The Bertz CT molecular complexity index is 804. The lowest BCUT2D eigenvalue weighted by atomic mass is 10.0. The van der Waals surface area contributed by atoms with Gasteiger partial charge in [-0.3, -0.25) is 0 Å². The van der Waals surface area contributed by atoms with Crippen LogP contribution in [0.5, 0.6) is 11.5 Å². The molecule has 0 bridgehead atoms. The minimum Gasteiger partial charge on any atom is -0.423 e. The smallest absolute Gasteiger partial charge is 0.342 e. The van der Waals surface area contributed by atoms with E-state index in [4.69, 9.17) is 9.47 Å². The van der Waals surface area contributed by atoms with Crippen LogP contribution in [0.1, 0.15) is 0 Å². The quantitative estimate of drug-likeness (QED) is 0.415. The van der Waals surface area contributed by atoms with E-state index in [0.717, 1.165) is 0 Å². The standard InChI is InChI=1S/C18H12F2O4/c19-9-15(21)23-17-11-5-1-2-6-12(11)18(24-16(22)10-20)14-8-4-3-7-13(14)17/h1-8H,9-10H2. The number of ether oxygens (including phenoxy) is 2. The van der Waals surface area contributed by atoms with E-state index in [2.05, 4.69) is 0 Å². The maximum absolute atomic E-state index is 12.6. The Hall–Kier alpha value is -3.02. The monoisotopic (exact) mass is 330 g/mol. The second-order valence-electron chi connectivity index (χ2n) is 4.96. The molecule has 0 aliphatic rings. The van der Waals surface area contributed by atoms with Crippen LogP contribution in [0.3, 0.4) is 0 Å². The van der Waals surface area contributed by atoms with E-state index >= 15 is 0 Å². The summed E-state index contributed by atoms with van der Waals surface area (Å²) in [5.74, 6) is -1.72. The lowest BCUT2D eigenvalue weighted by Gasteiger charge is -2.15. The van der Waals surface area contributed by atoms with E-state index in [-0.39, 0.29) is 11.5 Å². The number of rotatable bonds is 4. The SMILES string of the molecule is O=C(CF)Oc1c2ccccc2c(OC(=O)CF)c2ccccc12. The summed E-state index contributed by atoms with van der Waals surface area (Å²) in [5, 5.41) is 1.83. The van der Waals surface area contributed by atoms with Crippen molar-refractivity contribution in [2.24, 2.45) is 0 Å². The van der Waals surface area contributed by atoms with Gasteiger partial charge in [0, 0.05) is 21.5 Å². The highest BCUT2D eigenvalue weighted by molar-refractivity contribution is 6.12. The van der Waals surface area contributed by atoms with Crippen LogP contribution in [0.2, 0.25) is 0 Å². The van der Waals surface area contributed by atoms with Crippen molar-refractivity contribution in [1.29, 1.82) is 0 Å². The number of carbonyl (C=O) groups is 2. The molecule has 0 unspecified atom stereocenters. The Morgan fingerprint density at radius 1 is 0.667 bits per heavy atom. The van der Waals surface area contributed by atoms with Crippen LogP contribution in [0.15, 0.2) is 48.5 Å². The van der Waals surface area contributed by atoms with Crippen LogP contribution >= 0.6 is 0 Å². The van der Waals surface area contributed by atoms with Crippen molar-refractivity contribution in [2.45, 2.75) is 0 Å². The third kappa shape index (κ3) is 2.78. The lowest BCUT2D eigenvalue weighted by molar-refractivity contribution is -0.136. The summed E-state index contributed by atoms with van der Waals surface area (Å²) >= 11 is 0. The van der Waals surface area contributed by atoms with Gasteiger partial charge in [-0.25, -0.2) is 18.4 Å². The van der Waals surface area contributed by atoms with E-state index < -0.39 is 25.3 Å². The summed E-state index contributed by atoms with van der Waals surface area (Å²) in [6, 6.07) is 13.4. The number of esters is 2. The van der Waals surface area contributed by atoms with Crippen molar-refractivity contribution in [3.05, 3.63) is 48.5 Å². The van der Waals surface area contributed by atoms with Gasteiger partial charge >= 0.3 is 11.9 Å². The number of fused-ring (bicyclic) bond motifs is 2. The number of halogens is 2. The molecule has 0 amide bonds. The van der Waals surface area contributed by atoms with Crippen LogP contribution in [-0.2, 0) is 9.59 Å². The fraction of sp³-hybridized carbons (Fsp3) is 0.111. The van der Waals surface area contributed by atoms with E-state index in [0.29, 0.717) is 21.5 Å². The number of hydrogen-bond acceptors (Lipinski definition) is 4. The van der Waals surface area contributed by atoms with Gasteiger partial charge in [0.1, 0.15) is 11.5 Å². The molecule has 0 saturated heterocycles. The van der Waals surface area contributed by atoms with Crippen LogP contribution in [-0.4, -0.2) is 25.3 Å². The van der Waals surface area contributed by atoms with Crippen LogP contribution in [0.4, 0.5) is 8.78 Å². The van der Waals surface area contributed by atoms with Gasteiger partial charge in [0.15, 0.2) is 13.3 Å². The summed E-state index contributed by atoms with van der Waals surface area (Å²) in [6.45, 7) is -2.53. The Kier molecular flexibility index (Phi) is 4.37. The Balaban J connectivity index is 2.36. The molecular formula is C18H12F2O4. The molecule has 0 atom stereocenters. The molecule has 6 heteroatoms. The van der Waals surface area contributed by atoms with Crippen LogP contribution < -0.4 is 9.47 Å². The molecule has 0 saturated carbocycles.